The first-order chi connectivity index (χ1) is 27.5. The maximum atomic E-state index is 12.7. The predicted octanol–water partition coefficient (Wildman–Crippen LogP) is 12.2. The van der Waals surface area contributed by atoms with Crippen molar-refractivity contribution >= 4 is 19.8 Å². The number of phosphoric ester groups is 1. The fourth-order valence-electron chi connectivity index (χ4n) is 5.70. The molecule has 0 saturated heterocycles. The molecule has 2 atom stereocenters. The van der Waals surface area contributed by atoms with Crippen LogP contribution in [-0.4, -0.2) is 70.0 Å². The molecular formula is C47H84NO8P. The van der Waals surface area contributed by atoms with Crippen molar-refractivity contribution in [2.24, 2.45) is 0 Å². The van der Waals surface area contributed by atoms with E-state index in [1.807, 2.05) is 27.2 Å². The van der Waals surface area contributed by atoms with E-state index in [0.717, 1.165) is 57.8 Å². The smallest absolute Gasteiger partial charge is 0.306 e. The zero-order chi connectivity index (χ0) is 42.1. The highest BCUT2D eigenvalue weighted by Crippen LogP contribution is 2.38. The van der Waals surface area contributed by atoms with Crippen LogP contribution in [0, 0.1) is 0 Å². The maximum Gasteiger partial charge on any atom is 0.306 e. The average molecular weight is 822 g/mol. The molecule has 0 fully saturated rings. The maximum absolute atomic E-state index is 12.7. The summed E-state index contributed by atoms with van der Waals surface area (Å²) in [6.07, 6.45) is 46.9. The second kappa shape index (κ2) is 39.2. The number of quaternary nitrogens is 1. The minimum Gasteiger partial charge on any atom is -0.756 e. The van der Waals surface area contributed by atoms with Crippen molar-refractivity contribution in [1.82, 2.24) is 0 Å². The summed E-state index contributed by atoms with van der Waals surface area (Å²) >= 11 is 0. The summed E-state index contributed by atoms with van der Waals surface area (Å²) in [7, 11) is 1.12. The van der Waals surface area contributed by atoms with E-state index < -0.39 is 32.5 Å². The van der Waals surface area contributed by atoms with Crippen LogP contribution in [0.15, 0.2) is 60.8 Å². The number of rotatable bonds is 40. The van der Waals surface area contributed by atoms with Crippen LogP contribution in [0.5, 0.6) is 0 Å². The van der Waals surface area contributed by atoms with Crippen molar-refractivity contribution in [1.29, 1.82) is 0 Å². The fourth-order valence-corrected chi connectivity index (χ4v) is 6.43. The molecule has 0 radical (unpaired) electrons. The number of ether oxygens (including phenoxy) is 2. The molecule has 330 valence electrons. The normalized spacial score (nSPS) is 14.1. The highest BCUT2D eigenvalue weighted by atomic mass is 31.2. The van der Waals surface area contributed by atoms with E-state index in [1.54, 1.807) is 0 Å². The number of carbonyl (C=O) groups excluding carboxylic acids is 2. The molecule has 0 heterocycles. The third-order valence-corrected chi connectivity index (χ3v) is 10.2. The number of unbranched alkanes of at least 4 members (excludes halogenated alkanes) is 16. The van der Waals surface area contributed by atoms with Crippen LogP contribution in [0.25, 0.3) is 0 Å². The molecule has 0 bridgehead atoms. The number of hydrogen-bond donors (Lipinski definition) is 0. The third-order valence-electron chi connectivity index (χ3n) is 9.26. The Hall–Kier alpha value is -2.29. The second-order valence-electron chi connectivity index (χ2n) is 16.1. The Kier molecular flexibility index (Phi) is 37.6. The summed E-state index contributed by atoms with van der Waals surface area (Å²) in [5.41, 5.74) is 0. The molecule has 10 heteroatoms. The van der Waals surface area contributed by atoms with Crippen molar-refractivity contribution in [3.05, 3.63) is 60.8 Å². The van der Waals surface area contributed by atoms with Crippen molar-refractivity contribution in [3.8, 4) is 0 Å². The molecule has 0 aliphatic rings. The van der Waals surface area contributed by atoms with Gasteiger partial charge in [0.2, 0.25) is 0 Å². The van der Waals surface area contributed by atoms with Crippen molar-refractivity contribution in [3.63, 3.8) is 0 Å². The summed E-state index contributed by atoms with van der Waals surface area (Å²) in [5.74, 6) is -0.915. The molecule has 0 spiro atoms. The molecule has 57 heavy (non-hydrogen) atoms. The lowest BCUT2D eigenvalue weighted by Crippen LogP contribution is -2.37. The summed E-state index contributed by atoms with van der Waals surface area (Å²) in [5, 5.41) is 0. The zero-order valence-corrected chi connectivity index (χ0v) is 37.9. The number of phosphoric acid groups is 1. The molecule has 0 aromatic heterocycles. The number of nitrogens with zero attached hydrogens (tertiary/aromatic N) is 1. The van der Waals surface area contributed by atoms with Gasteiger partial charge in [-0.2, -0.15) is 0 Å². The van der Waals surface area contributed by atoms with Crippen LogP contribution in [0.2, 0.25) is 0 Å². The number of allylic oxidation sites excluding steroid dienone is 10. The second-order valence-corrected chi connectivity index (χ2v) is 17.5. The summed E-state index contributed by atoms with van der Waals surface area (Å²) in [6, 6.07) is 0. The molecule has 9 nitrogen and oxygen atoms in total. The van der Waals surface area contributed by atoms with Crippen LogP contribution in [0.3, 0.4) is 0 Å². The van der Waals surface area contributed by atoms with Gasteiger partial charge in [0, 0.05) is 12.8 Å². The van der Waals surface area contributed by atoms with Gasteiger partial charge in [0.15, 0.2) is 6.10 Å². The molecule has 0 aromatic carbocycles. The van der Waals surface area contributed by atoms with E-state index in [-0.39, 0.29) is 26.1 Å². The average Bonchev–Trinajstić information content (AvgIpc) is 3.16. The largest absolute Gasteiger partial charge is 0.756 e. The molecule has 0 rings (SSSR count). The lowest BCUT2D eigenvalue weighted by atomic mass is 10.1. The molecule has 0 amide bonds. The SMILES string of the molecule is CCCCC/C=C/CCCCCCCC(=O)OC[C@H](COP(=O)([O-])OCC[N+](C)(C)C)OC(=O)CCC/C=C/C/C=C/C/C=C/C/C=C/CCCCCCCCC. The Balaban J connectivity index is 4.45. The standard InChI is InChI=1S/C47H84NO8P/c1-6-8-10-12-14-16-18-20-21-22-23-24-25-26-27-28-30-32-34-36-38-40-47(50)56-45(44-55-57(51,52)54-42-41-48(3,4)5)43-53-46(49)39-37-35-33-31-29-19-17-15-13-11-9-7-2/h15,17,21-22,24-25,27-28,32,34,45H,6-14,16,18-20,23,26,29-31,33,35-44H2,1-5H3/b17-15+,22-21+,25-24+,28-27+,34-32+/t45-/m1/s1. The summed E-state index contributed by atoms with van der Waals surface area (Å²) in [4.78, 5) is 37.5. The van der Waals surface area contributed by atoms with Crippen molar-refractivity contribution < 1.29 is 42.1 Å². The summed E-state index contributed by atoms with van der Waals surface area (Å²) in [6.45, 7) is 4.11. The van der Waals surface area contributed by atoms with Gasteiger partial charge in [0.05, 0.1) is 27.7 Å². The van der Waals surface area contributed by atoms with Gasteiger partial charge in [-0.05, 0) is 77.0 Å². The van der Waals surface area contributed by atoms with E-state index >= 15 is 0 Å². The monoisotopic (exact) mass is 822 g/mol. The first-order valence-electron chi connectivity index (χ1n) is 22.5. The highest BCUT2D eigenvalue weighted by Gasteiger charge is 2.21. The van der Waals surface area contributed by atoms with E-state index in [9.17, 15) is 19.0 Å². The van der Waals surface area contributed by atoms with Crippen molar-refractivity contribution in [2.75, 3.05) is 47.5 Å². The van der Waals surface area contributed by atoms with Crippen LogP contribution in [0.4, 0.5) is 0 Å². The molecule has 1 unspecified atom stereocenters. The predicted molar refractivity (Wildman–Crippen MR) is 236 cm³/mol. The third kappa shape index (κ3) is 43.1. The molecule has 0 aromatic rings. The Labute approximate surface area is 349 Å². The quantitative estimate of drug-likeness (QED) is 0.0197. The van der Waals surface area contributed by atoms with E-state index in [4.69, 9.17) is 18.5 Å². The van der Waals surface area contributed by atoms with Gasteiger partial charge in [-0.1, -0.05) is 145 Å². The Morgan fingerprint density at radius 2 is 0.965 bits per heavy atom. The van der Waals surface area contributed by atoms with E-state index in [2.05, 4.69) is 68.5 Å². The van der Waals surface area contributed by atoms with Gasteiger partial charge in [-0.3, -0.25) is 14.2 Å². The van der Waals surface area contributed by atoms with Gasteiger partial charge in [0.25, 0.3) is 7.82 Å². The van der Waals surface area contributed by atoms with Gasteiger partial charge >= 0.3 is 11.9 Å². The minimum absolute atomic E-state index is 0.0445. The minimum atomic E-state index is -4.64. The molecule has 0 saturated carbocycles. The molecule has 0 aliphatic carbocycles. The Bertz CT molecular complexity index is 1160. The molecular weight excluding hydrogens is 737 g/mol. The van der Waals surface area contributed by atoms with Crippen LogP contribution >= 0.6 is 7.82 Å². The number of esters is 2. The summed E-state index contributed by atoms with van der Waals surface area (Å²) < 4.78 is 33.8. The van der Waals surface area contributed by atoms with E-state index in [1.165, 1.54) is 70.6 Å². The highest BCUT2D eigenvalue weighted by molar-refractivity contribution is 7.45. The zero-order valence-electron chi connectivity index (χ0n) is 37.0. The molecule has 0 N–H and O–H groups in total. The van der Waals surface area contributed by atoms with Crippen molar-refractivity contribution in [2.45, 2.75) is 180 Å². The number of carbonyl (C=O) groups is 2. The number of likely N-dealkylation sites (N-methyl/N-ethyl adjacent to an activating group) is 1. The first kappa shape index (κ1) is 54.7. The van der Waals surface area contributed by atoms with E-state index in [0.29, 0.717) is 30.3 Å². The molecule has 0 aliphatic heterocycles. The van der Waals surface area contributed by atoms with Gasteiger partial charge in [-0.25, -0.2) is 0 Å². The topological polar surface area (TPSA) is 111 Å². The number of hydrogen-bond acceptors (Lipinski definition) is 8. The van der Waals surface area contributed by atoms with Gasteiger partial charge < -0.3 is 27.9 Å². The first-order valence-corrected chi connectivity index (χ1v) is 24.0. The Morgan fingerprint density at radius 3 is 1.51 bits per heavy atom. The lowest BCUT2D eigenvalue weighted by molar-refractivity contribution is -0.870. The fraction of sp³-hybridized carbons (Fsp3) is 0.745. The van der Waals surface area contributed by atoms with Gasteiger partial charge in [0.1, 0.15) is 19.8 Å². The lowest BCUT2D eigenvalue weighted by Gasteiger charge is -2.28. The van der Waals surface area contributed by atoms with Crippen LogP contribution < -0.4 is 4.89 Å². The van der Waals surface area contributed by atoms with Gasteiger partial charge in [-0.15, -0.1) is 0 Å². The van der Waals surface area contributed by atoms with Crippen LogP contribution in [-0.2, 0) is 32.7 Å². The Morgan fingerprint density at radius 1 is 0.544 bits per heavy atom. The van der Waals surface area contributed by atoms with Crippen LogP contribution in [0.1, 0.15) is 174 Å².